The number of halogens is 1. The smallest absolute Gasteiger partial charge is 0.251 e. The van der Waals surface area contributed by atoms with E-state index in [2.05, 4.69) is 10.6 Å². The van der Waals surface area contributed by atoms with Crippen LogP contribution in [0.2, 0.25) is 0 Å². The summed E-state index contributed by atoms with van der Waals surface area (Å²) >= 11 is 0. The van der Waals surface area contributed by atoms with Crippen LogP contribution in [0.15, 0.2) is 24.3 Å². The van der Waals surface area contributed by atoms with Gasteiger partial charge in [-0.05, 0) is 30.7 Å². The van der Waals surface area contributed by atoms with Gasteiger partial charge in [0.2, 0.25) is 5.91 Å². The molecule has 0 aromatic heterocycles. The lowest BCUT2D eigenvalue weighted by Gasteiger charge is -2.06. The summed E-state index contributed by atoms with van der Waals surface area (Å²) in [6.07, 6.45) is 1.29. The van der Waals surface area contributed by atoms with E-state index in [9.17, 15) is 14.0 Å². The predicted octanol–water partition coefficient (Wildman–Crippen LogP) is 1.47. The van der Waals surface area contributed by atoms with Gasteiger partial charge in [0.25, 0.3) is 5.91 Å². The summed E-state index contributed by atoms with van der Waals surface area (Å²) in [5, 5.41) is 5.33. The van der Waals surface area contributed by atoms with E-state index in [1.807, 2.05) is 6.92 Å². The van der Waals surface area contributed by atoms with E-state index in [-0.39, 0.29) is 17.6 Å². The van der Waals surface area contributed by atoms with Crippen LogP contribution in [0, 0.1) is 5.82 Å². The lowest BCUT2D eigenvalue weighted by Crippen LogP contribution is -2.34. The van der Waals surface area contributed by atoms with Crippen LogP contribution >= 0.6 is 0 Å². The minimum atomic E-state index is -0.377. The molecule has 0 saturated heterocycles. The second-order valence-electron chi connectivity index (χ2n) is 3.86. The minimum absolute atomic E-state index is 0.0199. The second kappa shape index (κ2) is 7.42. The maximum absolute atomic E-state index is 12.6. The molecule has 1 aromatic carbocycles. The zero-order chi connectivity index (χ0) is 13.4. The topological polar surface area (TPSA) is 58.2 Å². The Labute approximate surface area is 106 Å². The average Bonchev–Trinajstić information content (AvgIpc) is 2.35. The third-order valence-corrected chi connectivity index (χ3v) is 2.32. The summed E-state index contributed by atoms with van der Waals surface area (Å²) in [5.41, 5.74) is 0.399. The number of rotatable bonds is 6. The molecule has 0 fully saturated rings. The molecular weight excluding hydrogens is 235 g/mol. The van der Waals surface area contributed by atoms with E-state index >= 15 is 0 Å². The second-order valence-corrected chi connectivity index (χ2v) is 3.86. The summed E-state index contributed by atoms with van der Waals surface area (Å²) in [4.78, 5) is 22.7. The Balaban J connectivity index is 2.25. The Morgan fingerprint density at radius 2 is 1.72 bits per heavy atom. The molecule has 0 aliphatic rings. The van der Waals surface area contributed by atoms with Crippen molar-refractivity contribution in [1.82, 2.24) is 10.6 Å². The van der Waals surface area contributed by atoms with E-state index in [1.54, 1.807) is 0 Å². The Morgan fingerprint density at radius 3 is 2.33 bits per heavy atom. The van der Waals surface area contributed by atoms with Crippen molar-refractivity contribution >= 4 is 11.8 Å². The standard InChI is InChI=1S/C13H17FN2O2/c1-2-3-12(17)15-8-9-16-13(18)10-4-6-11(14)7-5-10/h4-7H,2-3,8-9H2,1H3,(H,15,17)(H,16,18). The molecule has 1 aromatic rings. The van der Waals surface area contributed by atoms with Crippen molar-refractivity contribution in [3.63, 3.8) is 0 Å². The molecule has 98 valence electrons. The van der Waals surface area contributed by atoms with Gasteiger partial charge in [-0.3, -0.25) is 9.59 Å². The fraction of sp³-hybridized carbons (Fsp3) is 0.385. The summed E-state index contributed by atoms with van der Waals surface area (Å²) in [6.45, 7) is 2.67. The van der Waals surface area contributed by atoms with Crippen molar-refractivity contribution < 1.29 is 14.0 Å². The van der Waals surface area contributed by atoms with Crippen LogP contribution in [-0.4, -0.2) is 24.9 Å². The van der Waals surface area contributed by atoms with Gasteiger partial charge in [0.1, 0.15) is 5.82 Å². The van der Waals surface area contributed by atoms with Crippen molar-refractivity contribution in [1.29, 1.82) is 0 Å². The molecule has 0 radical (unpaired) electrons. The van der Waals surface area contributed by atoms with E-state index in [0.29, 0.717) is 25.1 Å². The molecule has 4 nitrogen and oxygen atoms in total. The van der Waals surface area contributed by atoms with Gasteiger partial charge >= 0.3 is 0 Å². The van der Waals surface area contributed by atoms with Crippen LogP contribution in [-0.2, 0) is 4.79 Å². The van der Waals surface area contributed by atoms with Crippen LogP contribution in [0.25, 0.3) is 0 Å². The number of nitrogens with one attached hydrogen (secondary N) is 2. The van der Waals surface area contributed by atoms with E-state index < -0.39 is 0 Å². The minimum Gasteiger partial charge on any atom is -0.354 e. The number of amides is 2. The molecule has 5 heteroatoms. The van der Waals surface area contributed by atoms with Gasteiger partial charge < -0.3 is 10.6 Å². The van der Waals surface area contributed by atoms with Gasteiger partial charge in [0.15, 0.2) is 0 Å². The first kappa shape index (κ1) is 14.2. The molecule has 2 N–H and O–H groups in total. The van der Waals surface area contributed by atoms with Crippen molar-refractivity contribution in [3.05, 3.63) is 35.6 Å². The SMILES string of the molecule is CCCC(=O)NCCNC(=O)c1ccc(F)cc1. The highest BCUT2D eigenvalue weighted by Crippen LogP contribution is 2.01. The van der Waals surface area contributed by atoms with Gasteiger partial charge in [0.05, 0.1) is 0 Å². The molecule has 1 rings (SSSR count). The number of hydrogen-bond acceptors (Lipinski definition) is 2. The third kappa shape index (κ3) is 4.95. The normalized spacial score (nSPS) is 9.89. The molecule has 2 amide bonds. The molecule has 0 unspecified atom stereocenters. The molecule has 0 bridgehead atoms. The predicted molar refractivity (Wildman–Crippen MR) is 66.7 cm³/mol. The molecule has 0 aliphatic heterocycles. The Morgan fingerprint density at radius 1 is 1.11 bits per heavy atom. The first-order chi connectivity index (χ1) is 8.63. The van der Waals surface area contributed by atoms with Crippen molar-refractivity contribution in [2.45, 2.75) is 19.8 Å². The number of carbonyl (C=O) groups is 2. The highest BCUT2D eigenvalue weighted by atomic mass is 19.1. The molecular formula is C13H17FN2O2. The van der Waals surface area contributed by atoms with Crippen molar-refractivity contribution in [3.8, 4) is 0 Å². The highest BCUT2D eigenvalue weighted by Gasteiger charge is 2.04. The molecule has 0 saturated carbocycles. The van der Waals surface area contributed by atoms with E-state index in [0.717, 1.165) is 6.42 Å². The van der Waals surface area contributed by atoms with Gasteiger partial charge in [0, 0.05) is 25.1 Å². The lowest BCUT2D eigenvalue weighted by atomic mass is 10.2. The Kier molecular flexibility index (Phi) is 5.84. The van der Waals surface area contributed by atoms with Crippen LogP contribution < -0.4 is 10.6 Å². The molecule has 0 atom stereocenters. The lowest BCUT2D eigenvalue weighted by molar-refractivity contribution is -0.121. The maximum Gasteiger partial charge on any atom is 0.251 e. The van der Waals surface area contributed by atoms with Crippen LogP contribution in [0.3, 0.4) is 0 Å². The van der Waals surface area contributed by atoms with Gasteiger partial charge in [-0.15, -0.1) is 0 Å². The molecule has 0 spiro atoms. The highest BCUT2D eigenvalue weighted by molar-refractivity contribution is 5.94. The molecule has 0 heterocycles. The largest absolute Gasteiger partial charge is 0.354 e. The van der Waals surface area contributed by atoms with E-state index in [4.69, 9.17) is 0 Å². The van der Waals surface area contributed by atoms with Gasteiger partial charge in [-0.1, -0.05) is 6.92 Å². The first-order valence-electron chi connectivity index (χ1n) is 5.94. The fourth-order valence-corrected chi connectivity index (χ4v) is 1.40. The maximum atomic E-state index is 12.6. The third-order valence-electron chi connectivity index (χ3n) is 2.32. The molecule has 0 aliphatic carbocycles. The zero-order valence-corrected chi connectivity index (χ0v) is 10.3. The quantitative estimate of drug-likeness (QED) is 0.753. The number of carbonyl (C=O) groups excluding carboxylic acids is 2. The van der Waals surface area contributed by atoms with E-state index in [1.165, 1.54) is 24.3 Å². The summed E-state index contributed by atoms with van der Waals surface area (Å²) in [5.74, 6) is -0.674. The summed E-state index contributed by atoms with van der Waals surface area (Å²) in [6, 6.07) is 5.30. The van der Waals surface area contributed by atoms with Gasteiger partial charge in [-0.2, -0.15) is 0 Å². The Bertz CT molecular complexity index is 404. The van der Waals surface area contributed by atoms with Crippen molar-refractivity contribution in [2.24, 2.45) is 0 Å². The number of benzene rings is 1. The van der Waals surface area contributed by atoms with Crippen LogP contribution in [0.1, 0.15) is 30.1 Å². The monoisotopic (exact) mass is 252 g/mol. The van der Waals surface area contributed by atoms with Crippen LogP contribution in [0.4, 0.5) is 4.39 Å². The Hall–Kier alpha value is -1.91. The van der Waals surface area contributed by atoms with Gasteiger partial charge in [-0.25, -0.2) is 4.39 Å². The summed E-state index contributed by atoms with van der Waals surface area (Å²) in [7, 11) is 0. The summed E-state index contributed by atoms with van der Waals surface area (Å²) < 4.78 is 12.6. The zero-order valence-electron chi connectivity index (χ0n) is 10.3. The number of hydrogen-bond donors (Lipinski definition) is 2. The molecule has 18 heavy (non-hydrogen) atoms. The van der Waals surface area contributed by atoms with Crippen molar-refractivity contribution in [2.75, 3.05) is 13.1 Å². The van der Waals surface area contributed by atoms with Crippen LogP contribution in [0.5, 0.6) is 0 Å². The first-order valence-corrected chi connectivity index (χ1v) is 5.94. The average molecular weight is 252 g/mol. The fourth-order valence-electron chi connectivity index (χ4n) is 1.40.